The Bertz CT molecular complexity index is 211. The molecule has 0 bridgehead atoms. The van der Waals surface area contributed by atoms with Crippen LogP contribution in [-0.4, -0.2) is 44.8 Å². The molecule has 0 aromatic rings. The van der Waals surface area contributed by atoms with E-state index in [9.17, 15) is 0 Å². The molecule has 0 aromatic heterocycles. The third-order valence-electron chi connectivity index (χ3n) is 0. The van der Waals surface area contributed by atoms with Gasteiger partial charge in [-0.3, -0.25) is 9.11 Å². The Labute approximate surface area is 86.0 Å². The summed E-state index contributed by atoms with van der Waals surface area (Å²) in [5.41, 5.74) is 0. The van der Waals surface area contributed by atoms with Crippen LogP contribution in [0.4, 0.5) is 0 Å². The van der Waals surface area contributed by atoms with Gasteiger partial charge in [-0.15, -0.1) is 0 Å². The van der Waals surface area contributed by atoms with Gasteiger partial charge in [0.15, 0.2) is 0 Å². The first-order chi connectivity index (χ1) is 4.00. The molecule has 0 radical (unpaired) electrons. The molecule has 0 fully saturated rings. The van der Waals surface area contributed by atoms with Gasteiger partial charge in [0, 0.05) is 0 Å². The van der Waals surface area contributed by atoms with Crippen molar-refractivity contribution in [3.63, 3.8) is 0 Å². The first kappa shape index (κ1) is 18.0. The van der Waals surface area contributed by atoms with Gasteiger partial charge in [-0.2, -0.15) is 16.8 Å². The Morgan fingerprint density at radius 3 is 0.818 bits per heavy atom. The average molecular weight is 236 g/mol. The Kier molecular flexibility index (Phi) is 10.8. The van der Waals surface area contributed by atoms with E-state index in [1.807, 2.05) is 0 Å². The van der Waals surface area contributed by atoms with Crippen molar-refractivity contribution < 1.29 is 25.9 Å². The standard InChI is InChI=1S/Li.2H2O3S2.H/c;2*1-5(2,3)4;/h;2*(H2,1,2,3,4);. The van der Waals surface area contributed by atoms with E-state index in [0.29, 0.717) is 0 Å². The van der Waals surface area contributed by atoms with Gasteiger partial charge in [-0.25, -0.2) is 0 Å². The first-order valence-electron chi connectivity index (χ1n) is 1.40. The zero-order chi connectivity index (χ0) is 9.00. The fourth-order valence-corrected chi connectivity index (χ4v) is 0. The topological polar surface area (TPSA) is 109 Å². The molecule has 0 aromatic carbocycles. The van der Waals surface area contributed by atoms with Crippen LogP contribution in [0.5, 0.6) is 0 Å². The van der Waals surface area contributed by atoms with Crippen LogP contribution in [-0.2, 0) is 18.3 Å². The number of rotatable bonds is 0. The van der Waals surface area contributed by atoms with E-state index in [2.05, 4.69) is 23.3 Å². The van der Waals surface area contributed by atoms with Crippen molar-refractivity contribution in [1.29, 1.82) is 0 Å². The van der Waals surface area contributed by atoms with Crippen LogP contribution in [0.3, 0.4) is 0 Å². The van der Waals surface area contributed by atoms with Crippen molar-refractivity contribution in [3.05, 3.63) is 0 Å². The van der Waals surface area contributed by atoms with Crippen LogP contribution in [0.1, 0.15) is 0 Å². The van der Waals surface area contributed by atoms with E-state index in [0.717, 1.165) is 0 Å². The summed E-state index contributed by atoms with van der Waals surface area (Å²) in [5, 5.41) is 0. The van der Waals surface area contributed by atoms with E-state index >= 15 is 0 Å². The van der Waals surface area contributed by atoms with Crippen molar-refractivity contribution in [1.82, 2.24) is 0 Å². The van der Waals surface area contributed by atoms with Crippen LogP contribution in [0.2, 0.25) is 0 Å². The molecule has 0 unspecified atom stereocenters. The second-order valence-electron chi connectivity index (χ2n) is 0.896. The molecule has 0 amide bonds. The second-order valence-corrected chi connectivity index (χ2v) is 5.46. The number of hydrogen-bond acceptors (Lipinski definition) is 4. The fourth-order valence-electron chi connectivity index (χ4n) is 0. The Balaban J connectivity index is -0.000000107. The van der Waals surface area contributed by atoms with E-state index in [4.69, 9.17) is 25.9 Å². The van der Waals surface area contributed by atoms with E-state index in [-0.39, 0.29) is 18.9 Å². The second kappa shape index (κ2) is 6.61. The third kappa shape index (κ3) is 740. The van der Waals surface area contributed by atoms with Gasteiger partial charge < -0.3 is 0 Å². The van der Waals surface area contributed by atoms with Gasteiger partial charge in [0.2, 0.25) is 0 Å². The molecule has 0 spiro atoms. The zero-order valence-electron chi connectivity index (χ0n) is 4.24. The van der Waals surface area contributed by atoms with E-state index < -0.39 is 18.3 Å². The van der Waals surface area contributed by atoms with E-state index in [1.165, 1.54) is 0 Å². The van der Waals surface area contributed by atoms with Gasteiger partial charge in [-0.1, -0.05) is 0 Å². The summed E-state index contributed by atoms with van der Waals surface area (Å²) < 4.78 is 50.9. The van der Waals surface area contributed by atoms with Crippen LogP contribution >= 0.6 is 23.3 Å². The zero-order valence-corrected chi connectivity index (χ0v) is 7.66. The van der Waals surface area contributed by atoms with Crippen molar-refractivity contribution in [2.75, 3.05) is 0 Å². The molecular formula is H5LiO6S4. The summed E-state index contributed by atoms with van der Waals surface area (Å²) in [6.45, 7) is 0. The van der Waals surface area contributed by atoms with Crippen molar-refractivity contribution in [2.45, 2.75) is 0 Å². The summed E-state index contributed by atoms with van der Waals surface area (Å²) in [6.07, 6.45) is 0. The van der Waals surface area contributed by atoms with Crippen molar-refractivity contribution >= 4 is 60.5 Å². The molecule has 66 valence electrons. The monoisotopic (exact) mass is 236 g/mol. The Morgan fingerprint density at radius 2 is 0.818 bits per heavy atom. The molecule has 0 aliphatic rings. The van der Waals surface area contributed by atoms with E-state index in [1.54, 1.807) is 0 Å². The summed E-state index contributed by atoms with van der Waals surface area (Å²) >= 11 is 5.30. The molecule has 0 aliphatic carbocycles. The van der Waals surface area contributed by atoms with Gasteiger partial charge in [-0.05, 0) is 23.3 Å². The molecule has 0 heterocycles. The predicted molar refractivity (Wildman–Crippen MR) is 48.2 cm³/mol. The summed E-state index contributed by atoms with van der Waals surface area (Å²) in [7, 11) is -7.94. The Morgan fingerprint density at radius 1 is 0.818 bits per heavy atom. The molecule has 2 N–H and O–H groups in total. The maximum absolute atomic E-state index is 9.05. The summed E-state index contributed by atoms with van der Waals surface area (Å²) in [5.74, 6) is 0. The van der Waals surface area contributed by atoms with Crippen LogP contribution in [0.25, 0.3) is 0 Å². The first-order valence-corrected chi connectivity index (χ1v) is 6.38. The number of hydrogen-bond donors (Lipinski definition) is 4. The SMILES string of the molecule is O=S(=O)(O)S.O=S(=O)(O)S.[LiH]. The molecule has 6 nitrogen and oxygen atoms in total. The van der Waals surface area contributed by atoms with Crippen LogP contribution in [0.15, 0.2) is 0 Å². The molecular weight excluding hydrogens is 231 g/mol. The third-order valence-corrected chi connectivity index (χ3v) is 0. The normalized spacial score (nSPS) is 10.5. The fraction of sp³-hybridized carbons (Fsp3) is 0. The quantitative estimate of drug-likeness (QED) is 0.182. The molecule has 11 heteroatoms. The average Bonchev–Trinajstić information content (AvgIpc) is 1.12. The van der Waals surface area contributed by atoms with Gasteiger partial charge in [0.05, 0.1) is 0 Å². The summed E-state index contributed by atoms with van der Waals surface area (Å²) in [6, 6.07) is 0. The minimum atomic E-state index is -3.97. The molecule has 0 rings (SSSR count). The maximum atomic E-state index is 9.05. The van der Waals surface area contributed by atoms with Crippen molar-refractivity contribution in [3.8, 4) is 0 Å². The number of thiol groups is 2. The van der Waals surface area contributed by atoms with Crippen LogP contribution in [0, 0.1) is 0 Å². The summed E-state index contributed by atoms with van der Waals surface area (Å²) in [4.78, 5) is 0. The van der Waals surface area contributed by atoms with Gasteiger partial charge in [0.1, 0.15) is 0 Å². The molecule has 0 saturated heterocycles. The van der Waals surface area contributed by atoms with Crippen LogP contribution < -0.4 is 0 Å². The van der Waals surface area contributed by atoms with Crippen molar-refractivity contribution in [2.24, 2.45) is 0 Å². The van der Waals surface area contributed by atoms with Gasteiger partial charge >= 0.3 is 37.2 Å². The minimum absolute atomic E-state index is 0. The molecule has 0 atom stereocenters. The molecule has 0 aliphatic heterocycles. The predicted octanol–water partition coefficient (Wildman–Crippen LogP) is -1.21. The molecule has 11 heavy (non-hydrogen) atoms. The Hall–Kier alpha value is 1.12. The molecule has 0 saturated carbocycles. The van der Waals surface area contributed by atoms with Gasteiger partial charge in [0.25, 0.3) is 0 Å².